The lowest BCUT2D eigenvalue weighted by molar-refractivity contribution is -0.643. The monoisotopic (exact) mass is 270 g/mol. The van der Waals surface area contributed by atoms with Crippen LogP contribution in [0.4, 0.5) is 0 Å². The fraction of sp³-hybridized carbons (Fsp3) is 0.0667. The van der Waals surface area contributed by atoms with E-state index >= 15 is 0 Å². The van der Waals surface area contributed by atoms with E-state index in [0.717, 1.165) is 21.8 Å². The molecule has 0 aromatic heterocycles. The standard InChI is InChI=1S/C15H11NO2S/c1-16-13(10-5-3-2-4-6-10)8-11-7-12(15(17)18)9-19-14(11)16/h2-9H,1H3/p+1. The molecule has 0 bridgehead atoms. The summed E-state index contributed by atoms with van der Waals surface area (Å²) in [6.07, 6.45) is 0. The van der Waals surface area contributed by atoms with E-state index in [1.54, 1.807) is 11.4 Å². The van der Waals surface area contributed by atoms with Crippen molar-refractivity contribution in [2.24, 2.45) is 7.05 Å². The van der Waals surface area contributed by atoms with Gasteiger partial charge in [0.15, 0.2) is 0 Å². The van der Waals surface area contributed by atoms with E-state index in [4.69, 9.17) is 5.11 Å². The molecule has 1 N–H and O–H groups in total. The topological polar surface area (TPSA) is 41.2 Å². The summed E-state index contributed by atoms with van der Waals surface area (Å²) in [5, 5.41) is 11.8. The average molecular weight is 270 g/mol. The lowest BCUT2D eigenvalue weighted by atomic mass is 10.1. The predicted octanol–water partition coefficient (Wildman–Crippen LogP) is 3.04. The lowest BCUT2D eigenvalue weighted by Crippen LogP contribution is -2.29. The number of aromatic carboxylic acids is 1. The van der Waals surface area contributed by atoms with Crippen LogP contribution in [0.1, 0.15) is 10.4 Å². The van der Waals surface area contributed by atoms with E-state index < -0.39 is 5.97 Å². The van der Waals surface area contributed by atoms with Gasteiger partial charge in [0.1, 0.15) is 7.05 Å². The summed E-state index contributed by atoms with van der Waals surface area (Å²) in [6.45, 7) is 0. The molecule has 1 aromatic rings. The van der Waals surface area contributed by atoms with Crippen molar-refractivity contribution in [3.05, 3.63) is 53.4 Å². The number of carboxylic acid groups (broad SMARTS) is 1. The summed E-state index contributed by atoms with van der Waals surface area (Å²) in [5.74, 6) is -0.886. The fourth-order valence-electron chi connectivity index (χ4n) is 2.18. The van der Waals surface area contributed by atoms with Crippen LogP contribution in [0.25, 0.3) is 21.8 Å². The summed E-state index contributed by atoms with van der Waals surface area (Å²) in [4.78, 5) is 11.0. The van der Waals surface area contributed by atoms with Gasteiger partial charge in [-0.2, -0.15) is 4.57 Å². The first-order valence-corrected chi connectivity index (χ1v) is 6.75. The van der Waals surface area contributed by atoms with E-state index in [2.05, 4.69) is 16.7 Å². The highest BCUT2D eigenvalue weighted by Gasteiger charge is 2.24. The molecule has 4 heteroatoms. The third-order valence-corrected chi connectivity index (χ3v) is 4.23. The Bertz CT molecular complexity index is 719. The van der Waals surface area contributed by atoms with Crippen LogP contribution in [-0.2, 0) is 7.05 Å². The Morgan fingerprint density at radius 1 is 1.16 bits per heavy atom. The summed E-state index contributed by atoms with van der Waals surface area (Å²) in [5.41, 5.74) is 3.52. The van der Waals surface area contributed by atoms with E-state index in [0.29, 0.717) is 5.56 Å². The van der Waals surface area contributed by atoms with Gasteiger partial charge in [-0.3, -0.25) is 0 Å². The lowest BCUT2D eigenvalue weighted by Gasteiger charge is -1.96. The van der Waals surface area contributed by atoms with Crippen LogP contribution in [0.3, 0.4) is 0 Å². The molecule has 0 saturated carbocycles. The van der Waals surface area contributed by atoms with Crippen molar-refractivity contribution in [1.29, 1.82) is 0 Å². The van der Waals surface area contributed by atoms with Crippen LogP contribution >= 0.6 is 11.3 Å². The minimum Gasteiger partial charge on any atom is -0.478 e. The summed E-state index contributed by atoms with van der Waals surface area (Å²) < 4.78 is 2.10. The molecular formula is C15H12NO2S+. The van der Waals surface area contributed by atoms with E-state index in [9.17, 15) is 4.79 Å². The second-order valence-corrected chi connectivity index (χ2v) is 5.21. The molecule has 0 unspecified atom stereocenters. The Hall–Kier alpha value is -2.20. The summed E-state index contributed by atoms with van der Waals surface area (Å²) >= 11 is 1.46. The first kappa shape index (κ1) is 11.9. The Labute approximate surface area is 114 Å². The number of rotatable bonds is 2. The largest absolute Gasteiger partial charge is 0.478 e. The smallest absolute Gasteiger partial charge is 0.336 e. The molecule has 0 saturated heterocycles. The molecule has 0 atom stereocenters. The van der Waals surface area contributed by atoms with Crippen molar-refractivity contribution in [3.63, 3.8) is 0 Å². The average Bonchev–Trinajstić information content (AvgIpc) is 2.76. The molecule has 19 heavy (non-hydrogen) atoms. The highest BCUT2D eigenvalue weighted by atomic mass is 32.1. The minimum atomic E-state index is -0.886. The van der Waals surface area contributed by atoms with Gasteiger partial charge in [-0.05, 0) is 18.2 Å². The van der Waals surface area contributed by atoms with E-state index in [-0.39, 0.29) is 0 Å². The Balaban J connectivity index is 2.21. The van der Waals surface area contributed by atoms with E-state index in [1.165, 1.54) is 11.3 Å². The molecule has 2 heterocycles. The van der Waals surface area contributed by atoms with Crippen molar-refractivity contribution in [2.75, 3.05) is 0 Å². The molecule has 0 radical (unpaired) electrons. The fourth-order valence-corrected chi connectivity index (χ4v) is 3.10. The van der Waals surface area contributed by atoms with Gasteiger partial charge in [-0.1, -0.05) is 29.5 Å². The number of aromatic nitrogens is 1. The molecular weight excluding hydrogens is 258 g/mol. The van der Waals surface area contributed by atoms with E-state index in [1.807, 2.05) is 31.3 Å². The van der Waals surface area contributed by atoms with Crippen molar-refractivity contribution in [1.82, 2.24) is 0 Å². The second kappa shape index (κ2) is 4.48. The molecule has 0 aliphatic carbocycles. The van der Waals surface area contributed by atoms with Gasteiger partial charge < -0.3 is 5.11 Å². The summed E-state index contributed by atoms with van der Waals surface area (Å²) in [7, 11) is 2.00. The summed E-state index contributed by atoms with van der Waals surface area (Å²) in [6, 6.07) is 13.8. The zero-order valence-corrected chi connectivity index (χ0v) is 11.1. The maximum atomic E-state index is 11.0. The van der Waals surface area contributed by atoms with Crippen LogP contribution in [-0.4, -0.2) is 11.1 Å². The van der Waals surface area contributed by atoms with Crippen molar-refractivity contribution in [3.8, 4) is 21.8 Å². The van der Waals surface area contributed by atoms with Gasteiger partial charge in [0.25, 0.3) is 5.01 Å². The van der Waals surface area contributed by atoms with Gasteiger partial charge in [-0.25, -0.2) is 4.79 Å². The van der Waals surface area contributed by atoms with Crippen LogP contribution in [0.2, 0.25) is 0 Å². The predicted molar refractivity (Wildman–Crippen MR) is 74.5 cm³/mol. The number of fused-ring (bicyclic) bond motifs is 1. The molecule has 94 valence electrons. The molecule has 3 rings (SSSR count). The second-order valence-electron chi connectivity index (χ2n) is 4.36. The maximum absolute atomic E-state index is 11.0. The van der Waals surface area contributed by atoms with Crippen LogP contribution in [0.15, 0.2) is 47.8 Å². The number of carboxylic acids is 1. The molecule has 3 nitrogen and oxygen atoms in total. The van der Waals surface area contributed by atoms with Crippen LogP contribution in [0.5, 0.6) is 0 Å². The Morgan fingerprint density at radius 3 is 2.58 bits per heavy atom. The van der Waals surface area contributed by atoms with Gasteiger partial charge >= 0.3 is 5.97 Å². The molecule has 1 aromatic carbocycles. The number of benzene rings is 1. The highest BCUT2D eigenvalue weighted by molar-refractivity contribution is 7.12. The van der Waals surface area contributed by atoms with Gasteiger partial charge in [0, 0.05) is 17.0 Å². The normalized spacial score (nSPS) is 10.8. The van der Waals surface area contributed by atoms with Gasteiger partial charge in [0.05, 0.1) is 11.1 Å². The Morgan fingerprint density at radius 2 is 1.89 bits per heavy atom. The zero-order valence-electron chi connectivity index (χ0n) is 10.3. The molecule has 0 amide bonds. The van der Waals surface area contributed by atoms with Gasteiger partial charge in [0.2, 0.25) is 5.69 Å². The third-order valence-electron chi connectivity index (χ3n) is 3.13. The zero-order chi connectivity index (χ0) is 13.4. The van der Waals surface area contributed by atoms with Gasteiger partial charge in [-0.15, -0.1) is 0 Å². The highest BCUT2D eigenvalue weighted by Crippen LogP contribution is 2.30. The van der Waals surface area contributed by atoms with Crippen molar-refractivity contribution < 1.29 is 14.5 Å². The first-order valence-electron chi connectivity index (χ1n) is 5.87. The number of hydrogen-bond donors (Lipinski definition) is 1. The molecule has 0 fully saturated rings. The first-order chi connectivity index (χ1) is 9.16. The number of nitrogens with zero attached hydrogens (tertiary/aromatic N) is 1. The van der Waals surface area contributed by atoms with Crippen LogP contribution < -0.4 is 4.57 Å². The molecule has 0 spiro atoms. The third kappa shape index (κ3) is 2.00. The SMILES string of the molecule is C[n+]1c(-c2ccccc2)cc2cc(C(=O)O)csc1-2. The quantitative estimate of drug-likeness (QED) is 0.727. The van der Waals surface area contributed by atoms with Crippen molar-refractivity contribution >= 4 is 17.3 Å². The molecule has 2 aliphatic rings. The maximum Gasteiger partial charge on any atom is 0.336 e. The van der Waals surface area contributed by atoms with Crippen molar-refractivity contribution in [2.45, 2.75) is 0 Å². The molecule has 2 aliphatic heterocycles. The number of carbonyl (C=O) groups is 1. The van der Waals surface area contributed by atoms with Crippen LogP contribution in [0, 0.1) is 0 Å². The number of hydrogen-bond acceptors (Lipinski definition) is 2. The Kier molecular flexibility index (Phi) is 2.80. The minimum absolute atomic E-state index is 0.336.